The summed E-state index contributed by atoms with van der Waals surface area (Å²) in [5, 5.41) is 25.7. The molecule has 7 heteroatoms. The molecule has 2 N–H and O–H groups in total. The van der Waals surface area contributed by atoms with E-state index in [0.29, 0.717) is 34.0 Å². The molecule has 1 unspecified atom stereocenters. The highest BCUT2D eigenvalue weighted by molar-refractivity contribution is 6.31. The first-order valence-electron chi connectivity index (χ1n) is 10.6. The minimum Gasteiger partial charge on any atom is -0.465 e. The van der Waals surface area contributed by atoms with E-state index >= 15 is 0 Å². The Balaban J connectivity index is 1.77. The first-order chi connectivity index (χ1) is 16.3. The Hall–Kier alpha value is -4.08. The van der Waals surface area contributed by atoms with Gasteiger partial charge in [0, 0.05) is 16.1 Å². The number of benzene rings is 3. The first kappa shape index (κ1) is 23.1. The summed E-state index contributed by atoms with van der Waals surface area (Å²) in [7, 11) is 0. The van der Waals surface area contributed by atoms with Gasteiger partial charge in [-0.15, -0.1) is 0 Å². The van der Waals surface area contributed by atoms with Crippen molar-refractivity contribution in [1.82, 2.24) is 10.5 Å². The number of aryl methyl sites for hydroxylation is 1. The van der Waals surface area contributed by atoms with Crippen LogP contribution in [0.5, 0.6) is 0 Å². The predicted octanol–water partition coefficient (Wildman–Crippen LogP) is 6.57. The highest BCUT2D eigenvalue weighted by Gasteiger charge is 2.39. The number of carboxylic acid groups (broad SMARTS) is 1. The monoisotopic (exact) mass is 471 g/mol. The van der Waals surface area contributed by atoms with Gasteiger partial charge in [-0.05, 0) is 36.6 Å². The number of nitrogens with zero attached hydrogens (tertiary/aromatic N) is 2. The number of nitrogens with one attached hydrogen (secondary N) is 1. The molecule has 4 rings (SSSR count). The number of amides is 1. The minimum absolute atomic E-state index is 0.376. The molecule has 3 aromatic carbocycles. The van der Waals surface area contributed by atoms with Crippen LogP contribution in [-0.4, -0.2) is 16.4 Å². The molecular formula is C27H22ClN3O3. The Morgan fingerprint density at radius 3 is 2.24 bits per heavy atom. The van der Waals surface area contributed by atoms with Crippen LogP contribution in [0.4, 0.5) is 4.79 Å². The summed E-state index contributed by atoms with van der Waals surface area (Å²) in [6.45, 7) is 3.53. The lowest BCUT2D eigenvalue weighted by Crippen LogP contribution is -2.44. The average molecular weight is 472 g/mol. The van der Waals surface area contributed by atoms with E-state index in [9.17, 15) is 9.90 Å². The van der Waals surface area contributed by atoms with Crippen LogP contribution in [0.2, 0.25) is 5.02 Å². The zero-order valence-electron chi connectivity index (χ0n) is 18.7. The maximum absolute atomic E-state index is 11.8. The lowest BCUT2D eigenvalue weighted by Gasteiger charge is -2.31. The van der Waals surface area contributed by atoms with Crippen molar-refractivity contribution in [2.75, 3.05) is 0 Å². The fraction of sp³-hybridized carbons (Fsp3) is 0.148. The third kappa shape index (κ3) is 4.39. The smallest absolute Gasteiger partial charge is 0.405 e. The van der Waals surface area contributed by atoms with Crippen molar-refractivity contribution in [3.63, 3.8) is 0 Å². The average Bonchev–Trinajstić information content (AvgIpc) is 3.22. The van der Waals surface area contributed by atoms with Gasteiger partial charge >= 0.3 is 6.09 Å². The molecule has 1 heterocycles. The van der Waals surface area contributed by atoms with Crippen molar-refractivity contribution in [1.29, 1.82) is 5.26 Å². The molecule has 170 valence electrons. The second-order valence-electron chi connectivity index (χ2n) is 8.12. The predicted molar refractivity (Wildman–Crippen MR) is 130 cm³/mol. The van der Waals surface area contributed by atoms with Gasteiger partial charge in [-0.3, -0.25) is 0 Å². The molecular weight excluding hydrogens is 450 g/mol. The molecule has 4 aromatic rings. The van der Waals surface area contributed by atoms with Crippen molar-refractivity contribution >= 4 is 17.7 Å². The van der Waals surface area contributed by atoms with Crippen LogP contribution in [0.15, 0.2) is 77.3 Å². The molecule has 0 spiro atoms. The molecule has 34 heavy (non-hydrogen) atoms. The molecule has 1 aromatic heterocycles. The van der Waals surface area contributed by atoms with Crippen LogP contribution in [-0.2, 0) is 12.0 Å². The van der Waals surface area contributed by atoms with Crippen molar-refractivity contribution in [3.05, 3.63) is 100 Å². The quantitative estimate of drug-likeness (QED) is 0.331. The van der Waals surface area contributed by atoms with E-state index in [0.717, 1.165) is 22.3 Å². The molecule has 0 aliphatic rings. The molecule has 0 fully saturated rings. The van der Waals surface area contributed by atoms with E-state index in [1.165, 1.54) is 0 Å². The number of hydrogen-bond donors (Lipinski definition) is 2. The van der Waals surface area contributed by atoms with Crippen LogP contribution in [0, 0.1) is 18.3 Å². The summed E-state index contributed by atoms with van der Waals surface area (Å²) >= 11 is 6.48. The fourth-order valence-electron chi connectivity index (χ4n) is 4.22. The molecule has 0 aliphatic carbocycles. The zero-order chi connectivity index (χ0) is 24.3. The van der Waals surface area contributed by atoms with Crippen molar-refractivity contribution < 1.29 is 14.4 Å². The second kappa shape index (κ2) is 9.42. The summed E-state index contributed by atoms with van der Waals surface area (Å²) in [5.74, 6) is 0.463. The Kier molecular flexibility index (Phi) is 6.40. The van der Waals surface area contributed by atoms with Crippen molar-refractivity contribution in [2.45, 2.75) is 25.8 Å². The van der Waals surface area contributed by atoms with Gasteiger partial charge in [0.2, 0.25) is 0 Å². The van der Waals surface area contributed by atoms with Crippen molar-refractivity contribution in [3.8, 4) is 28.5 Å². The summed E-state index contributed by atoms with van der Waals surface area (Å²) in [4.78, 5) is 11.8. The van der Waals surface area contributed by atoms with Gasteiger partial charge in [0.15, 0.2) is 5.76 Å². The highest BCUT2D eigenvalue weighted by atomic mass is 35.5. The topological polar surface area (TPSA) is 99.2 Å². The van der Waals surface area contributed by atoms with Gasteiger partial charge in [-0.25, -0.2) is 4.79 Å². The number of carbonyl (C=O) groups is 1. The number of nitriles is 1. The number of aromatic nitrogens is 1. The van der Waals surface area contributed by atoms with E-state index in [1.54, 1.807) is 32.0 Å². The molecule has 6 nitrogen and oxygen atoms in total. The fourth-order valence-corrected chi connectivity index (χ4v) is 4.55. The molecule has 0 radical (unpaired) electrons. The first-order valence-corrected chi connectivity index (χ1v) is 11.0. The number of rotatable bonds is 6. The SMILES string of the molecule is Cc1noc(-c2ccc(-c3ccc(CC#N)cc3)cc2)c1C(C)(NC(=O)O)c1ccccc1Cl. The largest absolute Gasteiger partial charge is 0.465 e. The number of halogens is 1. The Morgan fingerprint density at radius 1 is 1.06 bits per heavy atom. The van der Waals surface area contributed by atoms with Crippen LogP contribution >= 0.6 is 11.6 Å². The van der Waals surface area contributed by atoms with E-state index in [2.05, 4.69) is 16.5 Å². The Morgan fingerprint density at radius 2 is 1.65 bits per heavy atom. The maximum Gasteiger partial charge on any atom is 0.405 e. The molecule has 1 atom stereocenters. The summed E-state index contributed by atoms with van der Waals surface area (Å²) in [5.41, 5.74) is 4.30. The maximum atomic E-state index is 11.8. The lowest BCUT2D eigenvalue weighted by molar-refractivity contribution is 0.184. The summed E-state index contributed by atoms with van der Waals surface area (Å²) in [6, 6.07) is 24.9. The van der Waals surface area contributed by atoms with Crippen LogP contribution in [0.1, 0.15) is 29.3 Å². The normalized spacial score (nSPS) is 12.5. The van der Waals surface area contributed by atoms with Gasteiger partial charge in [0.1, 0.15) is 0 Å². The standard InChI is InChI=1S/C27H22ClN3O3/c1-17-24(27(2,30-26(32)33)22-5-3-4-6-23(22)28)25(34-31-17)21-13-11-20(12-14-21)19-9-7-18(8-10-19)15-16-29/h3-14,30H,15H2,1-2H3,(H,32,33). The van der Waals surface area contributed by atoms with Crippen LogP contribution in [0.25, 0.3) is 22.5 Å². The summed E-state index contributed by atoms with van der Waals surface area (Å²) in [6.07, 6.45) is -0.814. The van der Waals surface area contributed by atoms with E-state index in [-0.39, 0.29) is 0 Å². The van der Waals surface area contributed by atoms with Gasteiger partial charge in [-0.2, -0.15) is 5.26 Å². The van der Waals surface area contributed by atoms with Gasteiger partial charge in [0.05, 0.1) is 29.3 Å². The van der Waals surface area contributed by atoms with E-state index in [4.69, 9.17) is 21.4 Å². The van der Waals surface area contributed by atoms with Gasteiger partial charge in [-0.1, -0.05) is 83.5 Å². The van der Waals surface area contributed by atoms with Gasteiger partial charge in [0.25, 0.3) is 0 Å². The second-order valence-corrected chi connectivity index (χ2v) is 8.52. The zero-order valence-corrected chi connectivity index (χ0v) is 19.4. The van der Waals surface area contributed by atoms with Crippen LogP contribution < -0.4 is 5.32 Å². The minimum atomic E-state index is -1.20. The Bertz CT molecular complexity index is 1370. The Labute approximate surface area is 202 Å². The molecule has 1 amide bonds. The number of hydrogen-bond acceptors (Lipinski definition) is 4. The molecule has 0 aliphatic heterocycles. The van der Waals surface area contributed by atoms with Crippen molar-refractivity contribution in [2.24, 2.45) is 0 Å². The van der Waals surface area contributed by atoms with E-state index < -0.39 is 11.6 Å². The third-order valence-electron chi connectivity index (χ3n) is 5.85. The van der Waals surface area contributed by atoms with Gasteiger partial charge < -0.3 is 14.9 Å². The molecule has 0 saturated carbocycles. The molecule has 0 saturated heterocycles. The molecule has 0 bridgehead atoms. The highest BCUT2D eigenvalue weighted by Crippen LogP contribution is 2.41. The third-order valence-corrected chi connectivity index (χ3v) is 6.18. The summed E-state index contributed by atoms with van der Waals surface area (Å²) < 4.78 is 5.70. The lowest BCUT2D eigenvalue weighted by atomic mass is 9.82. The van der Waals surface area contributed by atoms with Crippen LogP contribution in [0.3, 0.4) is 0 Å². The van der Waals surface area contributed by atoms with E-state index in [1.807, 2.05) is 54.6 Å².